The van der Waals surface area contributed by atoms with Crippen LogP contribution < -0.4 is 0 Å². The minimum Gasteiger partial charge on any atom is -0.458 e. The number of thiazole rings is 1. The van der Waals surface area contributed by atoms with Crippen LogP contribution in [-0.2, 0) is 12.8 Å². The van der Waals surface area contributed by atoms with Crippen LogP contribution in [0, 0.1) is 0 Å². The Labute approximate surface area is 127 Å². The number of Topliss-reactive ketones (excluding diaryl/α,β-unsaturated/α-hetero) is 1. The minimum absolute atomic E-state index is 0.0244. The molecule has 0 saturated carbocycles. The molecule has 3 rings (SSSR count). The first-order valence-corrected chi connectivity index (χ1v) is 7.76. The Morgan fingerprint density at radius 3 is 2.71 bits per heavy atom. The minimum atomic E-state index is -0.0244. The zero-order valence-electron chi connectivity index (χ0n) is 11.7. The fourth-order valence-electron chi connectivity index (χ4n) is 2.08. The van der Waals surface area contributed by atoms with E-state index in [4.69, 9.17) is 4.42 Å². The van der Waals surface area contributed by atoms with Crippen molar-refractivity contribution in [1.29, 1.82) is 0 Å². The molecule has 0 fully saturated rings. The van der Waals surface area contributed by atoms with Gasteiger partial charge >= 0.3 is 0 Å². The molecule has 0 saturated heterocycles. The van der Waals surface area contributed by atoms with E-state index >= 15 is 0 Å². The number of furan rings is 1. The van der Waals surface area contributed by atoms with Crippen LogP contribution in [0.3, 0.4) is 0 Å². The first-order chi connectivity index (χ1) is 10.3. The summed E-state index contributed by atoms with van der Waals surface area (Å²) >= 11 is 1.51. The molecule has 1 aromatic carbocycles. The zero-order chi connectivity index (χ0) is 14.7. The number of aromatic nitrogens is 1. The smallest absolute Gasteiger partial charge is 0.204 e. The van der Waals surface area contributed by atoms with Gasteiger partial charge < -0.3 is 4.42 Å². The van der Waals surface area contributed by atoms with E-state index < -0.39 is 0 Å². The highest BCUT2D eigenvalue weighted by Crippen LogP contribution is 2.22. The molecule has 0 aliphatic heterocycles. The fourth-order valence-corrected chi connectivity index (χ4v) is 2.88. The van der Waals surface area contributed by atoms with Gasteiger partial charge in [0.15, 0.2) is 5.76 Å². The first-order valence-electron chi connectivity index (χ1n) is 6.88. The second-order valence-corrected chi connectivity index (χ2v) is 5.65. The van der Waals surface area contributed by atoms with Gasteiger partial charge in [-0.05, 0) is 12.1 Å². The molecule has 3 nitrogen and oxygen atoms in total. The van der Waals surface area contributed by atoms with E-state index in [1.807, 2.05) is 48.7 Å². The molecule has 0 aliphatic carbocycles. The van der Waals surface area contributed by atoms with Crippen LogP contribution in [0.5, 0.6) is 0 Å². The normalized spacial score (nSPS) is 10.7. The third-order valence-corrected chi connectivity index (χ3v) is 4.07. The van der Waals surface area contributed by atoms with E-state index in [9.17, 15) is 4.79 Å². The van der Waals surface area contributed by atoms with E-state index in [1.165, 1.54) is 11.3 Å². The number of aryl methyl sites for hydroxylation is 1. The van der Waals surface area contributed by atoms with Gasteiger partial charge in [-0.3, -0.25) is 4.79 Å². The number of rotatable bonds is 5. The van der Waals surface area contributed by atoms with Crippen molar-refractivity contribution in [3.63, 3.8) is 0 Å². The summed E-state index contributed by atoms with van der Waals surface area (Å²) in [6.45, 7) is 2.00. The van der Waals surface area contributed by atoms with Crippen molar-refractivity contribution in [3.8, 4) is 11.3 Å². The van der Waals surface area contributed by atoms with Crippen LogP contribution >= 0.6 is 11.3 Å². The Kier molecular flexibility index (Phi) is 3.97. The molecule has 0 aliphatic rings. The Hall–Kier alpha value is -2.20. The molecule has 0 amide bonds. The summed E-state index contributed by atoms with van der Waals surface area (Å²) in [6.07, 6.45) is 1.08. The molecule has 0 bridgehead atoms. The SMILES string of the molecule is CCc1ccc(C(=O)Cc2nc(-c3ccccc3)cs2)o1. The molecule has 0 N–H and O–H groups in total. The van der Waals surface area contributed by atoms with E-state index in [1.54, 1.807) is 6.07 Å². The Morgan fingerprint density at radius 1 is 1.19 bits per heavy atom. The highest BCUT2D eigenvalue weighted by atomic mass is 32.1. The van der Waals surface area contributed by atoms with Crippen LogP contribution in [0.15, 0.2) is 52.3 Å². The van der Waals surface area contributed by atoms with Gasteiger partial charge in [0.1, 0.15) is 10.8 Å². The van der Waals surface area contributed by atoms with Crippen molar-refractivity contribution in [2.75, 3.05) is 0 Å². The Bertz CT molecular complexity index is 743. The lowest BCUT2D eigenvalue weighted by Gasteiger charge is -1.95. The molecule has 2 heterocycles. The van der Waals surface area contributed by atoms with E-state index in [2.05, 4.69) is 4.98 Å². The van der Waals surface area contributed by atoms with Gasteiger partial charge in [-0.1, -0.05) is 37.3 Å². The van der Waals surface area contributed by atoms with Gasteiger partial charge in [-0.15, -0.1) is 11.3 Å². The van der Waals surface area contributed by atoms with Gasteiger partial charge in [0.25, 0.3) is 0 Å². The number of carbonyl (C=O) groups excluding carboxylic acids is 1. The molecule has 2 aromatic heterocycles. The van der Waals surface area contributed by atoms with Crippen LogP contribution in [0.25, 0.3) is 11.3 Å². The number of hydrogen-bond acceptors (Lipinski definition) is 4. The quantitative estimate of drug-likeness (QED) is 0.656. The summed E-state index contributed by atoms with van der Waals surface area (Å²) in [5.41, 5.74) is 1.98. The van der Waals surface area contributed by atoms with Crippen LogP contribution in [0.2, 0.25) is 0 Å². The lowest BCUT2D eigenvalue weighted by atomic mass is 10.2. The molecule has 21 heavy (non-hydrogen) atoms. The number of carbonyl (C=O) groups is 1. The second-order valence-electron chi connectivity index (χ2n) is 4.71. The summed E-state index contributed by atoms with van der Waals surface area (Å²) in [6, 6.07) is 13.6. The van der Waals surface area contributed by atoms with Gasteiger partial charge in [-0.25, -0.2) is 4.98 Å². The van der Waals surface area contributed by atoms with Crippen LogP contribution in [-0.4, -0.2) is 10.8 Å². The fraction of sp³-hybridized carbons (Fsp3) is 0.176. The van der Waals surface area contributed by atoms with Gasteiger partial charge in [-0.2, -0.15) is 0 Å². The lowest BCUT2D eigenvalue weighted by molar-refractivity contribution is 0.0964. The maximum Gasteiger partial charge on any atom is 0.204 e. The van der Waals surface area contributed by atoms with Crippen LogP contribution in [0.4, 0.5) is 0 Å². The maximum absolute atomic E-state index is 12.2. The van der Waals surface area contributed by atoms with E-state index in [-0.39, 0.29) is 12.2 Å². The third kappa shape index (κ3) is 3.11. The van der Waals surface area contributed by atoms with Gasteiger partial charge in [0.05, 0.1) is 12.1 Å². The standard InChI is InChI=1S/C17H15NO2S/c1-2-13-8-9-16(20-13)15(19)10-17-18-14(11-21-17)12-6-4-3-5-7-12/h3-9,11H,2,10H2,1H3. The van der Waals surface area contributed by atoms with Crippen LogP contribution in [0.1, 0.15) is 28.2 Å². The zero-order valence-corrected chi connectivity index (χ0v) is 12.5. The maximum atomic E-state index is 12.2. The number of hydrogen-bond donors (Lipinski definition) is 0. The topological polar surface area (TPSA) is 43.1 Å². The van der Waals surface area contributed by atoms with E-state index in [0.717, 1.165) is 28.4 Å². The lowest BCUT2D eigenvalue weighted by Crippen LogP contribution is -2.01. The molecule has 0 atom stereocenters. The molecular formula is C17H15NO2S. The predicted molar refractivity (Wildman–Crippen MR) is 83.7 cm³/mol. The highest BCUT2D eigenvalue weighted by molar-refractivity contribution is 7.10. The number of ketones is 1. The van der Waals surface area contributed by atoms with Crippen molar-refractivity contribution >= 4 is 17.1 Å². The van der Waals surface area contributed by atoms with Crippen molar-refractivity contribution in [2.45, 2.75) is 19.8 Å². The Balaban J connectivity index is 1.74. The second kappa shape index (κ2) is 6.06. The van der Waals surface area contributed by atoms with Gasteiger partial charge in [0.2, 0.25) is 5.78 Å². The summed E-state index contributed by atoms with van der Waals surface area (Å²) in [7, 11) is 0. The van der Waals surface area contributed by atoms with E-state index in [0.29, 0.717) is 5.76 Å². The highest BCUT2D eigenvalue weighted by Gasteiger charge is 2.14. The number of nitrogens with zero attached hydrogens (tertiary/aromatic N) is 1. The molecule has 3 aromatic rings. The van der Waals surface area contributed by atoms with Crippen molar-refractivity contribution in [1.82, 2.24) is 4.98 Å². The predicted octanol–water partition coefficient (Wildman–Crippen LogP) is 4.39. The summed E-state index contributed by atoms with van der Waals surface area (Å²) < 4.78 is 5.49. The third-order valence-electron chi connectivity index (χ3n) is 3.22. The summed E-state index contributed by atoms with van der Waals surface area (Å²) in [5.74, 6) is 1.23. The summed E-state index contributed by atoms with van der Waals surface area (Å²) in [5, 5.41) is 2.80. The number of benzene rings is 1. The Morgan fingerprint density at radius 2 is 2.00 bits per heavy atom. The molecule has 0 spiro atoms. The van der Waals surface area contributed by atoms with Crippen molar-refractivity contribution < 1.29 is 9.21 Å². The van der Waals surface area contributed by atoms with Gasteiger partial charge in [0, 0.05) is 17.4 Å². The largest absolute Gasteiger partial charge is 0.458 e. The molecule has 0 unspecified atom stereocenters. The molecule has 0 radical (unpaired) electrons. The average Bonchev–Trinajstić information content (AvgIpc) is 3.17. The van der Waals surface area contributed by atoms with Crippen molar-refractivity contribution in [2.24, 2.45) is 0 Å². The monoisotopic (exact) mass is 297 g/mol. The summed E-state index contributed by atoms with van der Waals surface area (Å²) in [4.78, 5) is 16.7. The molecule has 4 heteroatoms. The average molecular weight is 297 g/mol. The molecule has 106 valence electrons. The van der Waals surface area contributed by atoms with Crippen molar-refractivity contribution in [3.05, 3.63) is 64.4 Å². The molecular weight excluding hydrogens is 282 g/mol. The first kappa shape index (κ1) is 13.8.